The molecule has 0 aromatic rings. The minimum absolute atomic E-state index is 0.0241. The number of hydrogen-bond donors (Lipinski definition) is 3. The first kappa shape index (κ1) is 95.6. The quantitative estimate of drug-likeness (QED) is 0.0320. The number of carbonyl (C=O) groups is 2. The summed E-state index contributed by atoms with van der Waals surface area (Å²) < 4.78 is 5.53. The van der Waals surface area contributed by atoms with Crippen LogP contribution in [0.25, 0.3) is 0 Å². The Hall–Kier alpha value is -1.40. The maximum atomic E-state index is 12.6. The number of amides is 1. The monoisotopic (exact) mass is 1370 g/mol. The molecule has 0 aliphatic rings. The predicted octanol–water partition coefficient (Wildman–Crippen LogP) is 30.6. The molecule has 0 rings (SSSR count). The highest BCUT2D eigenvalue weighted by molar-refractivity contribution is 5.76. The number of ether oxygens (including phenoxy) is 1. The Morgan fingerprint density at radius 3 is 0.732 bits per heavy atom. The molecule has 0 bridgehead atoms. The van der Waals surface area contributed by atoms with Crippen LogP contribution in [-0.2, 0) is 14.3 Å². The summed E-state index contributed by atoms with van der Waals surface area (Å²) in [5.74, 6) is 0.00380. The van der Waals surface area contributed by atoms with Gasteiger partial charge in [-0.2, -0.15) is 0 Å². The van der Waals surface area contributed by atoms with Crippen molar-refractivity contribution in [2.75, 3.05) is 13.2 Å². The molecule has 0 aliphatic heterocycles. The molecule has 0 aromatic heterocycles. The van der Waals surface area contributed by atoms with Crippen molar-refractivity contribution in [2.45, 2.75) is 546 Å². The first-order valence-corrected chi connectivity index (χ1v) is 45.4. The molecule has 3 N–H and O–H groups in total. The average molecular weight is 1370 g/mol. The van der Waals surface area contributed by atoms with Gasteiger partial charge in [0.25, 0.3) is 0 Å². The Balaban J connectivity index is 3.32. The number of unbranched alkanes of at least 4 members (excludes halogenated alkanes) is 74. The Morgan fingerprint density at radius 1 is 0.278 bits per heavy atom. The molecule has 6 heteroatoms. The largest absolute Gasteiger partial charge is 0.466 e. The van der Waals surface area contributed by atoms with Gasteiger partial charge >= 0.3 is 5.97 Å². The number of rotatable bonds is 87. The third-order valence-corrected chi connectivity index (χ3v) is 21.8. The molecule has 2 atom stereocenters. The molecular formula is C91H179NO5. The van der Waals surface area contributed by atoms with Crippen molar-refractivity contribution in [3.63, 3.8) is 0 Å². The summed E-state index contributed by atoms with van der Waals surface area (Å²) in [4.78, 5) is 24.7. The molecule has 0 saturated heterocycles. The van der Waals surface area contributed by atoms with Crippen LogP contribution in [0.1, 0.15) is 534 Å². The fourth-order valence-electron chi connectivity index (χ4n) is 14.9. The van der Waals surface area contributed by atoms with Crippen LogP contribution >= 0.6 is 0 Å². The first-order chi connectivity index (χ1) is 48.0. The third kappa shape index (κ3) is 83.4. The van der Waals surface area contributed by atoms with Crippen LogP contribution in [0, 0.1) is 0 Å². The zero-order chi connectivity index (χ0) is 69.8. The number of aliphatic hydroxyl groups is 2. The van der Waals surface area contributed by atoms with Gasteiger partial charge in [-0.3, -0.25) is 9.59 Å². The van der Waals surface area contributed by atoms with Crippen molar-refractivity contribution < 1.29 is 24.5 Å². The van der Waals surface area contributed by atoms with Gasteiger partial charge in [0.2, 0.25) is 5.91 Å². The number of allylic oxidation sites excluding steroid dienone is 2. The Labute approximate surface area is 609 Å². The molecule has 0 radical (unpaired) electrons. The third-order valence-electron chi connectivity index (χ3n) is 21.8. The summed E-state index contributed by atoms with van der Waals surface area (Å²) in [6.07, 6.45) is 112. The minimum Gasteiger partial charge on any atom is -0.466 e. The second-order valence-electron chi connectivity index (χ2n) is 31.6. The van der Waals surface area contributed by atoms with E-state index in [1.807, 2.05) is 0 Å². The van der Waals surface area contributed by atoms with E-state index in [9.17, 15) is 19.8 Å². The molecule has 0 aromatic carbocycles. The van der Waals surface area contributed by atoms with Crippen LogP contribution in [0.2, 0.25) is 0 Å². The van der Waals surface area contributed by atoms with E-state index in [1.165, 1.54) is 462 Å². The van der Waals surface area contributed by atoms with Crippen LogP contribution in [0.4, 0.5) is 0 Å². The summed E-state index contributed by atoms with van der Waals surface area (Å²) in [5.41, 5.74) is 0. The highest BCUT2D eigenvalue weighted by Crippen LogP contribution is 2.22. The van der Waals surface area contributed by atoms with Gasteiger partial charge in [-0.05, 0) is 51.4 Å². The molecule has 0 saturated carbocycles. The molecule has 1 amide bonds. The van der Waals surface area contributed by atoms with E-state index < -0.39 is 12.1 Å². The summed E-state index contributed by atoms with van der Waals surface area (Å²) in [6.45, 7) is 5.03. The van der Waals surface area contributed by atoms with Crippen molar-refractivity contribution in [1.29, 1.82) is 0 Å². The van der Waals surface area contributed by atoms with Crippen LogP contribution in [0.5, 0.6) is 0 Å². The molecule has 0 spiro atoms. The first-order valence-electron chi connectivity index (χ1n) is 45.4. The highest BCUT2D eigenvalue weighted by Gasteiger charge is 2.20. The van der Waals surface area contributed by atoms with Crippen LogP contribution < -0.4 is 5.32 Å². The molecule has 0 aliphatic carbocycles. The zero-order valence-corrected chi connectivity index (χ0v) is 66.6. The average Bonchev–Trinajstić information content (AvgIpc) is 2.23. The summed E-state index contributed by atoms with van der Waals surface area (Å²) in [5, 5.41) is 23.5. The maximum absolute atomic E-state index is 12.6. The van der Waals surface area contributed by atoms with Gasteiger partial charge < -0.3 is 20.3 Å². The smallest absolute Gasteiger partial charge is 0.305 e. The van der Waals surface area contributed by atoms with Crippen molar-refractivity contribution >= 4 is 11.9 Å². The lowest BCUT2D eigenvalue weighted by Gasteiger charge is -2.22. The number of nitrogens with one attached hydrogen (secondary N) is 1. The fraction of sp³-hybridized carbons (Fsp3) is 0.956. The Bertz CT molecular complexity index is 1480. The normalized spacial score (nSPS) is 12.4. The number of esters is 1. The lowest BCUT2D eigenvalue weighted by atomic mass is 10.0. The van der Waals surface area contributed by atoms with E-state index >= 15 is 0 Å². The fourth-order valence-corrected chi connectivity index (χ4v) is 14.9. The zero-order valence-electron chi connectivity index (χ0n) is 66.6. The minimum atomic E-state index is -0.663. The SMILES string of the molecule is CCCCCCCCCCCCCCCCCCCCCCCCCCC(O)C(CO)NC(=O)CCCCCCCCCCCCCCCCCCC/C=C\CCCCCCCCCCCCCCCCCCOC(=O)CCCCCCCCCCCCCCCCCCCCC. The van der Waals surface area contributed by atoms with Crippen molar-refractivity contribution in [3.05, 3.63) is 12.2 Å². The summed E-state index contributed by atoms with van der Waals surface area (Å²) in [7, 11) is 0. The number of carbonyl (C=O) groups excluding carboxylic acids is 2. The number of hydrogen-bond acceptors (Lipinski definition) is 5. The van der Waals surface area contributed by atoms with Crippen molar-refractivity contribution in [2.24, 2.45) is 0 Å². The molecule has 97 heavy (non-hydrogen) atoms. The Morgan fingerprint density at radius 2 is 0.485 bits per heavy atom. The maximum Gasteiger partial charge on any atom is 0.305 e. The van der Waals surface area contributed by atoms with Gasteiger partial charge in [0.15, 0.2) is 0 Å². The molecule has 0 fully saturated rings. The topological polar surface area (TPSA) is 95.9 Å². The van der Waals surface area contributed by atoms with Gasteiger partial charge in [-0.25, -0.2) is 0 Å². The van der Waals surface area contributed by atoms with E-state index in [4.69, 9.17) is 4.74 Å². The van der Waals surface area contributed by atoms with Gasteiger partial charge in [0, 0.05) is 12.8 Å². The van der Waals surface area contributed by atoms with Crippen LogP contribution in [0.15, 0.2) is 12.2 Å². The highest BCUT2D eigenvalue weighted by atomic mass is 16.5. The lowest BCUT2D eigenvalue weighted by molar-refractivity contribution is -0.143. The van der Waals surface area contributed by atoms with E-state index in [2.05, 4.69) is 31.3 Å². The summed E-state index contributed by atoms with van der Waals surface area (Å²) >= 11 is 0. The van der Waals surface area contributed by atoms with Gasteiger partial charge in [-0.1, -0.05) is 482 Å². The Kier molecular flexibility index (Phi) is 85.7. The number of aliphatic hydroxyl groups excluding tert-OH is 2. The molecule has 2 unspecified atom stereocenters. The van der Waals surface area contributed by atoms with Gasteiger partial charge in [-0.15, -0.1) is 0 Å². The van der Waals surface area contributed by atoms with E-state index in [1.54, 1.807) is 0 Å². The molecular weight excluding hydrogens is 1190 g/mol. The summed E-state index contributed by atoms with van der Waals surface area (Å²) in [6, 6.07) is -0.540. The second kappa shape index (κ2) is 87.0. The molecule has 0 heterocycles. The lowest BCUT2D eigenvalue weighted by Crippen LogP contribution is -2.45. The molecule has 6 nitrogen and oxygen atoms in total. The van der Waals surface area contributed by atoms with E-state index in [-0.39, 0.29) is 18.5 Å². The predicted molar refractivity (Wildman–Crippen MR) is 430 cm³/mol. The van der Waals surface area contributed by atoms with Crippen molar-refractivity contribution in [1.82, 2.24) is 5.32 Å². The van der Waals surface area contributed by atoms with Crippen molar-refractivity contribution in [3.8, 4) is 0 Å². The van der Waals surface area contributed by atoms with Gasteiger partial charge in [0.05, 0.1) is 25.4 Å². The van der Waals surface area contributed by atoms with Crippen LogP contribution in [-0.4, -0.2) is 47.4 Å². The van der Waals surface area contributed by atoms with Crippen LogP contribution in [0.3, 0.4) is 0 Å². The standard InChI is InChI=1S/C91H179NO5/c1-3-5-7-9-11-13-15-17-19-21-23-24-25-41-44-48-51-55-59-63-67-71-75-79-83-89(94)88(87-93)92-90(95)84-80-76-72-68-64-60-56-52-49-45-42-39-37-35-33-31-29-27-26-28-30-32-34-36-38-40-43-46-50-54-58-62-66-70-74-78-82-86-97-91(96)85-81-77-73-69-65-61-57-53-47-22-20-18-16-14-12-10-8-6-4-2/h26,28,88-89,93-94H,3-25,27,29-87H2,1-2H3,(H,92,95)/b28-26-. The second-order valence-corrected chi connectivity index (χ2v) is 31.6. The van der Waals surface area contributed by atoms with E-state index in [0.717, 1.165) is 38.5 Å². The molecule has 578 valence electrons. The van der Waals surface area contributed by atoms with Gasteiger partial charge in [0.1, 0.15) is 0 Å². The van der Waals surface area contributed by atoms with E-state index in [0.29, 0.717) is 25.9 Å².